The van der Waals surface area contributed by atoms with Crippen molar-refractivity contribution < 1.29 is 13.4 Å². The molecule has 0 saturated carbocycles. The fourth-order valence-electron chi connectivity index (χ4n) is 5.85. The third kappa shape index (κ3) is 3.42. The lowest BCUT2D eigenvalue weighted by Gasteiger charge is -2.20. The van der Waals surface area contributed by atoms with Crippen LogP contribution in [0.1, 0.15) is 0 Å². The molecule has 190 valence electrons. The molecule has 6 aromatic carbocycles. The quantitative estimate of drug-likeness (QED) is 0.212. The molecule has 2 aromatic heterocycles. The molecule has 0 aliphatic rings. The van der Waals surface area contributed by atoms with Gasteiger partial charge in [0.05, 0.1) is 0 Å². The van der Waals surface area contributed by atoms with Gasteiger partial charge in [0.15, 0.2) is 7.14 Å². The van der Waals surface area contributed by atoms with Gasteiger partial charge in [-0.05, 0) is 41.5 Å². The lowest BCUT2D eigenvalue weighted by atomic mass is 10.0. The molecular weight excluding hydrogens is 511 g/mol. The molecule has 0 fully saturated rings. The van der Waals surface area contributed by atoms with Gasteiger partial charge in [-0.25, -0.2) is 0 Å². The highest BCUT2D eigenvalue weighted by atomic mass is 31.2. The summed E-state index contributed by atoms with van der Waals surface area (Å²) < 4.78 is 27.2. The van der Waals surface area contributed by atoms with Crippen LogP contribution in [0.3, 0.4) is 0 Å². The van der Waals surface area contributed by atoms with E-state index in [1.54, 1.807) is 0 Å². The Kier molecular flexibility index (Phi) is 5.10. The summed E-state index contributed by atoms with van der Waals surface area (Å²) in [5.41, 5.74) is 5.48. The first kappa shape index (κ1) is 23.1. The second-order valence-electron chi connectivity index (χ2n) is 10.1. The zero-order valence-electron chi connectivity index (χ0n) is 21.5. The van der Waals surface area contributed by atoms with Gasteiger partial charge in [0.2, 0.25) is 0 Å². The molecule has 0 radical (unpaired) electrons. The van der Waals surface area contributed by atoms with Gasteiger partial charge in [-0.15, -0.1) is 0 Å². The van der Waals surface area contributed by atoms with Crippen LogP contribution in [-0.2, 0) is 4.57 Å². The zero-order valence-corrected chi connectivity index (χ0v) is 22.3. The maximum absolute atomic E-state index is 14.7. The van der Waals surface area contributed by atoms with Crippen molar-refractivity contribution in [3.8, 4) is 11.1 Å². The van der Waals surface area contributed by atoms with E-state index in [1.807, 2.05) is 103 Å². The predicted octanol–water partition coefficient (Wildman–Crippen LogP) is 8.79. The van der Waals surface area contributed by atoms with E-state index >= 15 is 0 Å². The number of furan rings is 2. The SMILES string of the molecule is O=P(c1ccccc1)(c1ccccc1)c1ccc(-c2ccc3c(c2)oc2ccc4oc5ccccc5c4c23)cc1. The molecule has 4 heteroatoms. The summed E-state index contributed by atoms with van der Waals surface area (Å²) in [5.74, 6) is 0. The molecule has 0 saturated heterocycles. The molecule has 8 aromatic rings. The van der Waals surface area contributed by atoms with Crippen LogP contribution in [0.4, 0.5) is 0 Å². The second kappa shape index (κ2) is 8.84. The van der Waals surface area contributed by atoms with E-state index in [4.69, 9.17) is 8.83 Å². The average molecular weight is 535 g/mol. The molecule has 40 heavy (non-hydrogen) atoms. The number of para-hydroxylation sites is 1. The van der Waals surface area contributed by atoms with Crippen LogP contribution in [0, 0.1) is 0 Å². The summed E-state index contributed by atoms with van der Waals surface area (Å²) in [6.07, 6.45) is 0. The van der Waals surface area contributed by atoms with Gasteiger partial charge < -0.3 is 13.4 Å². The maximum Gasteiger partial charge on any atom is 0.171 e. The number of fused-ring (bicyclic) bond motifs is 7. The molecular formula is C36H23O3P. The highest BCUT2D eigenvalue weighted by Crippen LogP contribution is 2.43. The minimum Gasteiger partial charge on any atom is -0.456 e. The summed E-state index contributed by atoms with van der Waals surface area (Å²) in [7, 11) is -3.01. The highest BCUT2D eigenvalue weighted by molar-refractivity contribution is 7.85. The van der Waals surface area contributed by atoms with E-state index in [9.17, 15) is 4.57 Å². The monoisotopic (exact) mass is 534 g/mol. The third-order valence-corrected chi connectivity index (χ3v) is 10.9. The average Bonchev–Trinajstić information content (AvgIpc) is 3.59. The Balaban J connectivity index is 1.24. The molecule has 2 heterocycles. The minimum atomic E-state index is -3.01. The highest BCUT2D eigenvalue weighted by Gasteiger charge is 2.29. The standard InChI is InChI=1S/C36H23O3P/c37-40(26-9-3-1-4-10-26,27-11-5-2-6-12-27)28-18-15-24(16-19-28)25-17-20-30-34(23-25)39-33-22-21-32-35(36(30)33)29-13-7-8-14-31(29)38-32/h1-23H. The van der Waals surface area contributed by atoms with Crippen LogP contribution < -0.4 is 15.9 Å². The largest absolute Gasteiger partial charge is 0.456 e. The van der Waals surface area contributed by atoms with Crippen molar-refractivity contribution in [1.29, 1.82) is 0 Å². The van der Waals surface area contributed by atoms with Crippen LogP contribution >= 0.6 is 7.14 Å². The van der Waals surface area contributed by atoms with Gasteiger partial charge in [-0.2, -0.15) is 0 Å². The van der Waals surface area contributed by atoms with E-state index in [-0.39, 0.29) is 0 Å². The molecule has 0 unspecified atom stereocenters. The lowest BCUT2D eigenvalue weighted by Crippen LogP contribution is -2.24. The molecule has 0 aliphatic heterocycles. The van der Waals surface area contributed by atoms with Crippen molar-refractivity contribution in [1.82, 2.24) is 0 Å². The zero-order chi connectivity index (χ0) is 26.7. The summed E-state index contributed by atoms with van der Waals surface area (Å²) >= 11 is 0. The van der Waals surface area contributed by atoms with Crippen LogP contribution in [0.5, 0.6) is 0 Å². The first-order valence-electron chi connectivity index (χ1n) is 13.3. The Labute approximate surface area is 230 Å². The van der Waals surface area contributed by atoms with Crippen molar-refractivity contribution in [3.63, 3.8) is 0 Å². The summed E-state index contributed by atoms with van der Waals surface area (Å²) in [6.45, 7) is 0. The lowest BCUT2D eigenvalue weighted by molar-refractivity contribution is 0.592. The molecule has 3 nitrogen and oxygen atoms in total. The van der Waals surface area contributed by atoms with Crippen LogP contribution in [-0.4, -0.2) is 0 Å². The molecule has 0 spiro atoms. The number of rotatable bonds is 4. The molecule has 0 atom stereocenters. The molecule has 0 amide bonds. The number of hydrogen-bond donors (Lipinski definition) is 0. The summed E-state index contributed by atoms with van der Waals surface area (Å²) in [4.78, 5) is 0. The first-order chi connectivity index (χ1) is 19.7. The fourth-order valence-corrected chi connectivity index (χ4v) is 8.50. The Morgan fingerprint density at radius 3 is 1.55 bits per heavy atom. The van der Waals surface area contributed by atoms with Gasteiger partial charge in [-0.3, -0.25) is 0 Å². The van der Waals surface area contributed by atoms with Gasteiger partial charge in [0.1, 0.15) is 22.3 Å². The van der Waals surface area contributed by atoms with Crippen LogP contribution in [0.15, 0.2) is 148 Å². The van der Waals surface area contributed by atoms with Gasteiger partial charge in [-0.1, -0.05) is 109 Å². The molecule has 0 N–H and O–H groups in total. The topological polar surface area (TPSA) is 43.4 Å². The fraction of sp³-hybridized carbons (Fsp3) is 0. The Bertz CT molecular complexity index is 2180. The van der Waals surface area contributed by atoms with E-state index in [1.165, 1.54) is 0 Å². The van der Waals surface area contributed by atoms with E-state index in [0.29, 0.717) is 0 Å². The van der Waals surface area contributed by atoms with Crippen molar-refractivity contribution in [2.75, 3.05) is 0 Å². The van der Waals surface area contributed by atoms with Crippen molar-refractivity contribution in [3.05, 3.63) is 140 Å². The van der Waals surface area contributed by atoms with Gasteiger partial charge >= 0.3 is 0 Å². The molecule has 0 bridgehead atoms. The van der Waals surface area contributed by atoms with Crippen LogP contribution in [0.2, 0.25) is 0 Å². The third-order valence-electron chi connectivity index (χ3n) is 7.78. The minimum absolute atomic E-state index is 0.813. The van der Waals surface area contributed by atoms with E-state index in [0.717, 1.165) is 70.9 Å². The van der Waals surface area contributed by atoms with Crippen molar-refractivity contribution >= 4 is 66.9 Å². The maximum atomic E-state index is 14.7. The summed E-state index contributed by atoms with van der Waals surface area (Å²) in [6, 6.07) is 46.1. The predicted molar refractivity (Wildman–Crippen MR) is 166 cm³/mol. The Hall–Kier alpha value is -4.85. The van der Waals surface area contributed by atoms with E-state index in [2.05, 4.69) is 36.4 Å². The molecule has 0 aliphatic carbocycles. The number of benzene rings is 6. The first-order valence-corrected chi connectivity index (χ1v) is 15.0. The van der Waals surface area contributed by atoms with Gasteiger partial charge in [0.25, 0.3) is 0 Å². The van der Waals surface area contributed by atoms with Crippen molar-refractivity contribution in [2.24, 2.45) is 0 Å². The Morgan fingerprint density at radius 2 is 0.900 bits per heavy atom. The van der Waals surface area contributed by atoms with Crippen molar-refractivity contribution in [2.45, 2.75) is 0 Å². The normalized spacial score (nSPS) is 12.1. The number of hydrogen-bond acceptors (Lipinski definition) is 3. The van der Waals surface area contributed by atoms with Crippen LogP contribution in [0.25, 0.3) is 55.0 Å². The summed E-state index contributed by atoms with van der Waals surface area (Å²) in [5, 5.41) is 6.78. The second-order valence-corrected chi connectivity index (χ2v) is 12.8. The molecule has 8 rings (SSSR count). The smallest absolute Gasteiger partial charge is 0.171 e. The van der Waals surface area contributed by atoms with Gasteiger partial charge in [0, 0.05) is 37.5 Å². The van der Waals surface area contributed by atoms with E-state index < -0.39 is 7.14 Å². The Morgan fingerprint density at radius 1 is 0.400 bits per heavy atom.